The molecule has 8 nitrogen and oxygen atoms in total. The smallest absolute Gasteiger partial charge is 0.273 e. The molecule has 2 rings (SSSR count). The summed E-state index contributed by atoms with van der Waals surface area (Å²) >= 11 is 3.36. The van der Waals surface area contributed by atoms with Crippen LogP contribution in [0.3, 0.4) is 0 Å². The second kappa shape index (κ2) is 11.5. The van der Waals surface area contributed by atoms with Crippen LogP contribution < -0.4 is 29.8 Å². The van der Waals surface area contributed by atoms with Crippen molar-refractivity contribution < 1.29 is 28.5 Å². The molecule has 9 heteroatoms. The predicted octanol–water partition coefficient (Wildman–Crippen LogP) is 3.97. The van der Waals surface area contributed by atoms with Crippen LogP contribution in [0.2, 0.25) is 0 Å². The standard InChI is InChI=1S/C22H27BrN2O6/c1-13(2)8-9-31-17-7-6-15(23)12-16(17)22(27)25-24-21(26)14-10-18(28-3)20(30-5)19(11-14)29-4/h6-7,10-13H,8-9H2,1-5H3,(H,24,26)(H,25,27). The maximum absolute atomic E-state index is 12.7. The summed E-state index contributed by atoms with van der Waals surface area (Å²) < 4.78 is 22.2. The van der Waals surface area contributed by atoms with Crippen molar-refractivity contribution in [3.63, 3.8) is 0 Å². The molecule has 0 aliphatic carbocycles. The first-order valence-electron chi connectivity index (χ1n) is 9.63. The molecule has 0 fully saturated rings. The second-order valence-electron chi connectivity index (χ2n) is 6.99. The Morgan fingerprint density at radius 2 is 1.52 bits per heavy atom. The third kappa shape index (κ3) is 6.52. The molecular weight excluding hydrogens is 468 g/mol. The number of nitrogens with one attached hydrogen (secondary N) is 2. The lowest BCUT2D eigenvalue weighted by Crippen LogP contribution is -2.41. The van der Waals surface area contributed by atoms with Crippen molar-refractivity contribution in [2.45, 2.75) is 20.3 Å². The molecule has 2 aromatic carbocycles. The third-order valence-electron chi connectivity index (χ3n) is 4.36. The van der Waals surface area contributed by atoms with E-state index in [4.69, 9.17) is 18.9 Å². The molecule has 0 unspecified atom stereocenters. The zero-order valence-electron chi connectivity index (χ0n) is 18.2. The lowest BCUT2D eigenvalue weighted by atomic mass is 10.1. The van der Waals surface area contributed by atoms with Crippen molar-refractivity contribution in [1.82, 2.24) is 10.9 Å². The number of benzene rings is 2. The Labute approximate surface area is 190 Å². The second-order valence-corrected chi connectivity index (χ2v) is 7.91. The van der Waals surface area contributed by atoms with Gasteiger partial charge in [-0.3, -0.25) is 20.4 Å². The molecule has 2 amide bonds. The van der Waals surface area contributed by atoms with Crippen LogP contribution in [0.25, 0.3) is 0 Å². The zero-order chi connectivity index (χ0) is 23.0. The first-order chi connectivity index (χ1) is 14.8. The number of carbonyl (C=O) groups excluding carboxylic acids is 2. The summed E-state index contributed by atoms with van der Waals surface area (Å²) in [5.41, 5.74) is 5.33. The van der Waals surface area contributed by atoms with Crippen LogP contribution in [0.4, 0.5) is 0 Å². The Bertz CT molecular complexity index is 907. The number of amides is 2. The van der Waals surface area contributed by atoms with Crippen molar-refractivity contribution in [1.29, 1.82) is 0 Å². The molecule has 0 aliphatic heterocycles. The van der Waals surface area contributed by atoms with E-state index in [2.05, 4.69) is 40.6 Å². The number of carbonyl (C=O) groups is 2. The molecule has 0 heterocycles. The van der Waals surface area contributed by atoms with E-state index >= 15 is 0 Å². The normalized spacial score (nSPS) is 10.4. The van der Waals surface area contributed by atoms with Crippen LogP contribution in [0.1, 0.15) is 41.0 Å². The van der Waals surface area contributed by atoms with E-state index in [1.807, 2.05) is 0 Å². The number of halogens is 1. The van der Waals surface area contributed by atoms with Gasteiger partial charge in [0, 0.05) is 10.0 Å². The summed E-state index contributed by atoms with van der Waals surface area (Å²) in [5.74, 6) is 0.862. The van der Waals surface area contributed by atoms with Crippen LogP contribution in [0.15, 0.2) is 34.8 Å². The van der Waals surface area contributed by atoms with Crippen LogP contribution >= 0.6 is 15.9 Å². The molecule has 0 bridgehead atoms. The number of rotatable bonds is 9. The molecule has 0 atom stereocenters. The fourth-order valence-corrected chi connectivity index (χ4v) is 3.04. The minimum atomic E-state index is -0.551. The maximum atomic E-state index is 12.7. The van der Waals surface area contributed by atoms with Gasteiger partial charge in [0.05, 0.1) is 33.5 Å². The number of ether oxygens (including phenoxy) is 4. The molecular formula is C22H27BrN2O6. The lowest BCUT2D eigenvalue weighted by molar-refractivity contribution is 0.0843. The van der Waals surface area contributed by atoms with Gasteiger partial charge < -0.3 is 18.9 Å². The average Bonchev–Trinajstić information content (AvgIpc) is 2.76. The summed E-state index contributed by atoms with van der Waals surface area (Å²) in [6.45, 7) is 4.67. The number of hydrazine groups is 1. The largest absolute Gasteiger partial charge is 0.493 e. The molecule has 0 saturated heterocycles. The fourth-order valence-electron chi connectivity index (χ4n) is 2.68. The van der Waals surface area contributed by atoms with Crippen LogP contribution in [0, 0.1) is 5.92 Å². The summed E-state index contributed by atoms with van der Waals surface area (Å²) in [6.07, 6.45) is 0.856. The third-order valence-corrected chi connectivity index (χ3v) is 4.85. The molecule has 0 saturated carbocycles. The highest BCUT2D eigenvalue weighted by Crippen LogP contribution is 2.38. The molecule has 31 heavy (non-hydrogen) atoms. The first-order valence-corrected chi connectivity index (χ1v) is 10.4. The Morgan fingerprint density at radius 1 is 0.903 bits per heavy atom. The quantitative estimate of drug-likeness (QED) is 0.512. The van der Waals surface area contributed by atoms with E-state index in [0.29, 0.717) is 45.6 Å². The van der Waals surface area contributed by atoms with Gasteiger partial charge in [0.15, 0.2) is 11.5 Å². The summed E-state index contributed by atoms with van der Waals surface area (Å²) in [7, 11) is 4.38. The Morgan fingerprint density at radius 3 is 2.06 bits per heavy atom. The molecule has 0 spiro atoms. The van der Waals surface area contributed by atoms with Crippen LogP contribution in [-0.4, -0.2) is 39.8 Å². The van der Waals surface area contributed by atoms with Gasteiger partial charge in [-0.2, -0.15) is 0 Å². The van der Waals surface area contributed by atoms with Gasteiger partial charge >= 0.3 is 0 Å². The first kappa shape index (κ1) is 24.3. The van der Waals surface area contributed by atoms with E-state index < -0.39 is 11.8 Å². The van der Waals surface area contributed by atoms with Gasteiger partial charge in [-0.05, 0) is 42.7 Å². The monoisotopic (exact) mass is 494 g/mol. The van der Waals surface area contributed by atoms with Gasteiger partial charge in [-0.1, -0.05) is 29.8 Å². The van der Waals surface area contributed by atoms with Gasteiger partial charge in [0.1, 0.15) is 5.75 Å². The van der Waals surface area contributed by atoms with Crippen molar-refractivity contribution in [2.24, 2.45) is 5.92 Å². The van der Waals surface area contributed by atoms with E-state index in [1.165, 1.54) is 33.5 Å². The van der Waals surface area contributed by atoms with Gasteiger partial charge in [0.2, 0.25) is 5.75 Å². The number of hydrogen-bond donors (Lipinski definition) is 2. The lowest BCUT2D eigenvalue weighted by Gasteiger charge is -2.15. The zero-order valence-corrected chi connectivity index (χ0v) is 19.8. The predicted molar refractivity (Wildman–Crippen MR) is 120 cm³/mol. The Balaban J connectivity index is 2.14. The van der Waals surface area contributed by atoms with E-state index in [1.54, 1.807) is 18.2 Å². The summed E-state index contributed by atoms with van der Waals surface area (Å²) in [5, 5.41) is 0. The van der Waals surface area contributed by atoms with Crippen LogP contribution in [0.5, 0.6) is 23.0 Å². The summed E-state index contributed by atoms with van der Waals surface area (Å²) in [6, 6.07) is 8.10. The topological polar surface area (TPSA) is 95.1 Å². The summed E-state index contributed by atoms with van der Waals surface area (Å²) in [4.78, 5) is 25.3. The molecule has 0 aromatic heterocycles. The molecule has 0 radical (unpaired) electrons. The maximum Gasteiger partial charge on any atom is 0.273 e. The van der Waals surface area contributed by atoms with Gasteiger partial charge in [-0.25, -0.2) is 0 Å². The minimum absolute atomic E-state index is 0.220. The molecule has 2 N–H and O–H groups in total. The van der Waals surface area contributed by atoms with Crippen molar-refractivity contribution in [3.05, 3.63) is 45.9 Å². The highest BCUT2D eigenvalue weighted by molar-refractivity contribution is 9.10. The fraction of sp³-hybridized carbons (Fsp3) is 0.364. The van der Waals surface area contributed by atoms with Crippen molar-refractivity contribution in [2.75, 3.05) is 27.9 Å². The SMILES string of the molecule is COc1cc(C(=O)NNC(=O)c2cc(Br)ccc2OCCC(C)C)cc(OC)c1OC. The van der Waals surface area contributed by atoms with E-state index in [9.17, 15) is 9.59 Å². The molecule has 168 valence electrons. The average molecular weight is 495 g/mol. The van der Waals surface area contributed by atoms with Gasteiger partial charge in [-0.15, -0.1) is 0 Å². The van der Waals surface area contributed by atoms with Gasteiger partial charge in [0.25, 0.3) is 11.8 Å². The number of hydrogen-bond acceptors (Lipinski definition) is 6. The molecule has 0 aliphatic rings. The number of methoxy groups -OCH3 is 3. The van der Waals surface area contributed by atoms with E-state index in [0.717, 1.165) is 6.42 Å². The minimum Gasteiger partial charge on any atom is -0.493 e. The highest BCUT2D eigenvalue weighted by atomic mass is 79.9. The van der Waals surface area contributed by atoms with E-state index in [-0.39, 0.29) is 5.56 Å². The van der Waals surface area contributed by atoms with Crippen molar-refractivity contribution in [3.8, 4) is 23.0 Å². The van der Waals surface area contributed by atoms with Crippen molar-refractivity contribution >= 4 is 27.7 Å². The Kier molecular flexibility index (Phi) is 8.99. The van der Waals surface area contributed by atoms with Crippen LogP contribution in [-0.2, 0) is 0 Å². The molecule has 2 aromatic rings. The highest BCUT2D eigenvalue weighted by Gasteiger charge is 2.19. The Hall–Kier alpha value is -2.94.